The van der Waals surface area contributed by atoms with Gasteiger partial charge >= 0.3 is 0 Å². The fraction of sp³-hybridized carbons (Fsp3) is 0.190. The van der Waals surface area contributed by atoms with Crippen LogP contribution >= 0.6 is 15.9 Å². The van der Waals surface area contributed by atoms with E-state index in [1.807, 2.05) is 43.3 Å². The fourth-order valence-corrected chi connectivity index (χ4v) is 3.20. The Morgan fingerprint density at radius 2 is 2.00 bits per heavy atom. The lowest BCUT2D eigenvalue weighted by atomic mass is 9.99. The molecule has 2 aromatic carbocycles. The van der Waals surface area contributed by atoms with Crippen LogP contribution in [0.1, 0.15) is 12.5 Å². The summed E-state index contributed by atoms with van der Waals surface area (Å²) < 4.78 is 12.3. The van der Waals surface area contributed by atoms with E-state index in [1.165, 1.54) is 0 Å². The molecular weight excluding hydrogens is 394 g/mol. The van der Waals surface area contributed by atoms with Crippen molar-refractivity contribution in [3.05, 3.63) is 58.8 Å². The minimum absolute atomic E-state index is 0.0657. The molecule has 0 spiro atoms. The summed E-state index contributed by atoms with van der Waals surface area (Å²) in [7, 11) is 5.08. The molecule has 0 radical (unpaired) electrons. The molecule has 1 amide bonds. The van der Waals surface area contributed by atoms with Gasteiger partial charge in [0.2, 0.25) is 5.91 Å². The summed E-state index contributed by atoms with van der Waals surface area (Å²) in [6.45, 7) is 1.91. The van der Waals surface area contributed by atoms with Crippen LogP contribution in [0.4, 0.5) is 0 Å². The van der Waals surface area contributed by atoms with Gasteiger partial charge in [0.05, 0.1) is 13.4 Å². The van der Waals surface area contributed by atoms with Crippen LogP contribution in [0.15, 0.2) is 57.6 Å². The number of fused-ring (bicyclic) bond motifs is 1. The Balaban J connectivity index is 2.18. The molecule has 0 unspecified atom stereocenters. The van der Waals surface area contributed by atoms with Crippen LogP contribution in [0.5, 0.6) is 5.75 Å². The zero-order valence-electron chi connectivity index (χ0n) is 15.2. The third-order valence-electron chi connectivity index (χ3n) is 4.24. The smallest absolute Gasteiger partial charge is 0.246 e. The van der Waals surface area contributed by atoms with E-state index in [-0.39, 0.29) is 5.91 Å². The Morgan fingerprint density at radius 1 is 1.23 bits per heavy atom. The van der Waals surface area contributed by atoms with Gasteiger partial charge in [0.1, 0.15) is 11.3 Å². The molecule has 26 heavy (non-hydrogen) atoms. The molecule has 0 fully saturated rings. The lowest BCUT2D eigenvalue weighted by Gasteiger charge is -2.11. The highest BCUT2D eigenvalue weighted by atomic mass is 79.9. The number of halogens is 1. The Hall–Kier alpha value is -2.53. The minimum atomic E-state index is -0.0657. The Kier molecular flexibility index (Phi) is 5.18. The van der Waals surface area contributed by atoms with Crippen molar-refractivity contribution >= 4 is 38.4 Å². The summed E-state index contributed by atoms with van der Waals surface area (Å²) in [6.07, 6.45) is 3.36. The predicted octanol–water partition coefficient (Wildman–Crippen LogP) is 5.36. The van der Waals surface area contributed by atoms with Crippen molar-refractivity contribution in [2.45, 2.75) is 6.92 Å². The van der Waals surface area contributed by atoms with Crippen molar-refractivity contribution < 1.29 is 13.9 Å². The maximum atomic E-state index is 12.1. The van der Waals surface area contributed by atoms with Crippen LogP contribution in [-0.4, -0.2) is 32.0 Å². The number of hydrogen-bond donors (Lipinski definition) is 0. The Bertz CT molecular complexity index is 1000. The van der Waals surface area contributed by atoms with E-state index in [0.717, 1.165) is 37.7 Å². The van der Waals surface area contributed by atoms with Crippen LogP contribution < -0.4 is 4.74 Å². The van der Waals surface area contributed by atoms with Crippen molar-refractivity contribution in [1.82, 2.24) is 4.90 Å². The monoisotopic (exact) mass is 413 g/mol. The average molecular weight is 414 g/mol. The molecule has 1 heterocycles. The molecule has 0 bridgehead atoms. The largest absolute Gasteiger partial charge is 0.496 e. The third-order valence-corrected chi connectivity index (χ3v) is 4.73. The molecule has 0 saturated heterocycles. The Labute approximate surface area is 161 Å². The number of allylic oxidation sites excluding steroid dienone is 1. The van der Waals surface area contributed by atoms with Crippen molar-refractivity contribution in [3.8, 4) is 16.9 Å². The molecule has 4 nitrogen and oxygen atoms in total. The lowest BCUT2D eigenvalue weighted by molar-refractivity contribution is -0.123. The topological polar surface area (TPSA) is 42.7 Å². The van der Waals surface area contributed by atoms with Gasteiger partial charge in [0.25, 0.3) is 0 Å². The van der Waals surface area contributed by atoms with Gasteiger partial charge in [-0.3, -0.25) is 4.79 Å². The normalized spacial score (nSPS) is 11.7. The average Bonchev–Trinajstić information content (AvgIpc) is 3.03. The first-order valence-corrected chi connectivity index (χ1v) is 8.95. The summed E-state index contributed by atoms with van der Waals surface area (Å²) in [6, 6.07) is 11.9. The van der Waals surface area contributed by atoms with Crippen molar-refractivity contribution in [1.29, 1.82) is 0 Å². The van der Waals surface area contributed by atoms with Crippen LogP contribution in [0.3, 0.4) is 0 Å². The van der Waals surface area contributed by atoms with Gasteiger partial charge in [0.15, 0.2) is 0 Å². The zero-order valence-corrected chi connectivity index (χ0v) is 16.8. The maximum Gasteiger partial charge on any atom is 0.246 e. The Morgan fingerprint density at radius 3 is 2.65 bits per heavy atom. The quantitative estimate of drug-likeness (QED) is 0.540. The van der Waals surface area contributed by atoms with Crippen LogP contribution in [0, 0.1) is 0 Å². The summed E-state index contributed by atoms with van der Waals surface area (Å²) in [5.41, 5.74) is 4.50. The second-order valence-electron chi connectivity index (χ2n) is 6.27. The number of furan rings is 1. The minimum Gasteiger partial charge on any atom is -0.496 e. The molecule has 1 aromatic heterocycles. The van der Waals surface area contributed by atoms with Gasteiger partial charge in [-0.05, 0) is 36.3 Å². The highest BCUT2D eigenvalue weighted by Crippen LogP contribution is 2.37. The summed E-state index contributed by atoms with van der Waals surface area (Å²) in [4.78, 5) is 13.6. The number of carbonyl (C=O) groups excluding carboxylic acids is 1. The first-order valence-electron chi connectivity index (χ1n) is 8.16. The highest BCUT2D eigenvalue weighted by Gasteiger charge is 2.15. The van der Waals surface area contributed by atoms with Gasteiger partial charge in [-0.2, -0.15) is 0 Å². The highest BCUT2D eigenvalue weighted by molar-refractivity contribution is 9.10. The van der Waals surface area contributed by atoms with E-state index in [1.54, 1.807) is 38.4 Å². The first-order chi connectivity index (χ1) is 12.4. The molecular formula is C21H20BrNO3. The molecule has 3 aromatic rings. The molecule has 0 saturated carbocycles. The van der Waals surface area contributed by atoms with Gasteiger partial charge < -0.3 is 14.1 Å². The first kappa shape index (κ1) is 18.3. The second kappa shape index (κ2) is 7.38. The molecule has 134 valence electrons. The fourth-order valence-electron chi connectivity index (χ4n) is 2.80. The van der Waals surface area contributed by atoms with Crippen LogP contribution in [0.2, 0.25) is 0 Å². The van der Waals surface area contributed by atoms with E-state index >= 15 is 0 Å². The van der Waals surface area contributed by atoms with Crippen molar-refractivity contribution in [2.24, 2.45) is 0 Å². The van der Waals surface area contributed by atoms with Crippen molar-refractivity contribution in [2.75, 3.05) is 21.2 Å². The number of carbonyl (C=O) groups is 1. The number of likely N-dealkylation sites (N-methyl/N-ethyl adjacent to an activating group) is 1. The zero-order chi connectivity index (χ0) is 18.8. The van der Waals surface area contributed by atoms with Gasteiger partial charge in [-0.15, -0.1) is 0 Å². The third kappa shape index (κ3) is 3.53. The van der Waals surface area contributed by atoms with E-state index < -0.39 is 0 Å². The van der Waals surface area contributed by atoms with Crippen molar-refractivity contribution in [3.63, 3.8) is 0 Å². The molecule has 3 rings (SSSR count). The molecule has 5 heteroatoms. The predicted molar refractivity (Wildman–Crippen MR) is 108 cm³/mol. The number of ether oxygens (including phenoxy) is 1. The molecule has 0 aliphatic heterocycles. The van der Waals surface area contributed by atoms with Gasteiger partial charge in [-0.25, -0.2) is 0 Å². The van der Waals surface area contributed by atoms with E-state index in [4.69, 9.17) is 9.15 Å². The number of benzene rings is 2. The molecule has 0 aliphatic carbocycles. The molecule has 0 aliphatic rings. The summed E-state index contributed by atoms with van der Waals surface area (Å²) in [5, 5.41) is 0.976. The number of amides is 1. The SMILES string of the molecule is COc1cc2occ(-c3cccc(Br)c3)c2cc1/C(C)=C/C(=O)N(C)C. The van der Waals surface area contributed by atoms with Gasteiger partial charge in [-0.1, -0.05) is 28.1 Å². The summed E-state index contributed by atoms with van der Waals surface area (Å²) in [5.74, 6) is 0.608. The second-order valence-corrected chi connectivity index (χ2v) is 7.18. The number of hydrogen-bond acceptors (Lipinski definition) is 3. The van der Waals surface area contributed by atoms with E-state index in [2.05, 4.69) is 15.9 Å². The number of nitrogens with zero attached hydrogens (tertiary/aromatic N) is 1. The molecule has 0 N–H and O–H groups in total. The number of methoxy groups -OCH3 is 1. The van der Waals surface area contributed by atoms with Crippen LogP contribution in [-0.2, 0) is 4.79 Å². The lowest BCUT2D eigenvalue weighted by Crippen LogP contribution is -2.19. The van der Waals surface area contributed by atoms with E-state index in [9.17, 15) is 4.79 Å². The van der Waals surface area contributed by atoms with Crippen LogP contribution in [0.25, 0.3) is 27.7 Å². The summed E-state index contributed by atoms with van der Waals surface area (Å²) >= 11 is 3.51. The number of rotatable bonds is 4. The van der Waals surface area contributed by atoms with Gasteiger partial charge in [0, 0.05) is 47.2 Å². The van der Waals surface area contributed by atoms with E-state index in [0.29, 0.717) is 5.75 Å². The maximum absolute atomic E-state index is 12.1. The molecule has 0 atom stereocenters. The standard InChI is InChI=1S/C21H20BrNO3/c1-13(8-21(24)23(2)3)16-10-17-18(14-6-5-7-15(22)9-14)12-26-20(17)11-19(16)25-4/h5-12H,1-4H3/b13-8+.